The highest BCUT2D eigenvalue weighted by atomic mass is 79.9. The van der Waals surface area contributed by atoms with Gasteiger partial charge in [-0.15, -0.1) is 0 Å². The summed E-state index contributed by atoms with van der Waals surface area (Å²) in [6, 6.07) is 0. The Hall–Kier alpha value is -0.100. The van der Waals surface area contributed by atoms with Crippen LogP contribution in [0.2, 0.25) is 0 Å². The van der Waals surface area contributed by atoms with Crippen LogP contribution in [0, 0.1) is 5.41 Å². The van der Waals surface area contributed by atoms with Gasteiger partial charge >= 0.3 is 0 Å². The van der Waals surface area contributed by atoms with Gasteiger partial charge in [0.1, 0.15) is 5.25 Å². The van der Waals surface area contributed by atoms with Crippen molar-refractivity contribution >= 4 is 31.7 Å². The molecule has 1 unspecified atom stereocenters. The van der Waals surface area contributed by atoms with Crippen LogP contribution < -0.4 is 5.32 Å². The summed E-state index contributed by atoms with van der Waals surface area (Å²) in [7, 11) is -3.22. The molecule has 0 spiro atoms. The molecule has 0 radical (unpaired) electrons. The molecule has 0 aromatic carbocycles. The van der Waals surface area contributed by atoms with Gasteiger partial charge in [-0.05, 0) is 24.7 Å². The monoisotopic (exact) mass is 339 g/mol. The van der Waals surface area contributed by atoms with Gasteiger partial charge in [0.05, 0.1) is 5.75 Å². The van der Waals surface area contributed by atoms with Crippen LogP contribution in [0.15, 0.2) is 0 Å². The molecule has 6 heteroatoms. The molecule has 1 fully saturated rings. The van der Waals surface area contributed by atoms with Crippen LogP contribution in [0.1, 0.15) is 39.5 Å². The van der Waals surface area contributed by atoms with E-state index < -0.39 is 15.1 Å². The van der Waals surface area contributed by atoms with Crippen LogP contribution in [-0.4, -0.2) is 37.2 Å². The maximum absolute atomic E-state index is 12.0. The van der Waals surface area contributed by atoms with Crippen molar-refractivity contribution < 1.29 is 13.2 Å². The summed E-state index contributed by atoms with van der Waals surface area (Å²) >= 11 is 3.38. The molecule has 1 atom stereocenters. The minimum atomic E-state index is -3.22. The van der Waals surface area contributed by atoms with Crippen molar-refractivity contribution in [3.8, 4) is 0 Å². The van der Waals surface area contributed by atoms with Crippen LogP contribution in [0.4, 0.5) is 0 Å². The molecule has 4 nitrogen and oxygen atoms in total. The fraction of sp³-hybridized carbons (Fsp3) is 0.917. The topological polar surface area (TPSA) is 63.2 Å². The predicted octanol–water partition coefficient (Wildman–Crippen LogP) is 1.88. The van der Waals surface area contributed by atoms with Crippen molar-refractivity contribution in [2.24, 2.45) is 5.41 Å². The Morgan fingerprint density at radius 2 is 2.06 bits per heavy atom. The molecule has 0 aliphatic carbocycles. The van der Waals surface area contributed by atoms with Crippen LogP contribution >= 0.6 is 15.9 Å². The lowest BCUT2D eigenvalue weighted by atomic mass is 9.90. The van der Waals surface area contributed by atoms with E-state index in [-0.39, 0.29) is 17.1 Å². The largest absolute Gasteiger partial charge is 0.354 e. The first-order chi connectivity index (χ1) is 8.28. The summed E-state index contributed by atoms with van der Waals surface area (Å²) in [6.45, 7) is 4.64. The number of sulfone groups is 1. The fourth-order valence-corrected chi connectivity index (χ4v) is 4.93. The lowest BCUT2D eigenvalue weighted by molar-refractivity contribution is -0.121. The number of rotatable bonds is 5. The van der Waals surface area contributed by atoms with Gasteiger partial charge in [-0.3, -0.25) is 4.79 Å². The Balaban J connectivity index is 2.55. The van der Waals surface area contributed by atoms with E-state index in [9.17, 15) is 13.2 Å². The highest BCUT2D eigenvalue weighted by Crippen LogP contribution is 2.22. The standard InChI is InChI=1S/C12H22BrNO3S/c1-12(2,6-7-13)9-14-11(15)10-5-3-4-8-18(10,16)17/h10H,3-9H2,1-2H3,(H,14,15). The third-order valence-corrected chi connectivity index (χ3v) is 5.95. The minimum Gasteiger partial charge on any atom is -0.354 e. The summed E-state index contributed by atoms with van der Waals surface area (Å²) in [4.78, 5) is 12.0. The lowest BCUT2D eigenvalue weighted by Gasteiger charge is -2.26. The third-order valence-electron chi connectivity index (χ3n) is 3.38. The summed E-state index contributed by atoms with van der Waals surface area (Å²) < 4.78 is 23.6. The van der Waals surface area contributed by atoms with Gasteiger partial charge in [0, 0.05) is 11.9 Å². The van der Waals surface area contributed by atoms with E-state index >= 15 is 0 Å². The molecule has 18 heavy (non-hydrogen) atoms. The van der Waals surface area contributed by atoms with Crippen molar-refractivity contribution in [3.63, 3.8) is 0 Å². The van der Waals surface area contributed by atoms with Gasteiger partial charge in [0.25, 0.3) is 0 Å². The average Bonchev–Trinajstić information content (AvgIpc) is 2.25. The molecule has 1 amide bonds. The zero-order valence-corrected chi connectivity index (χ0v) is 13.4. The van der Waals surface area contributed by atoms with Crippen molar-refractivity contribution in [3.05, 3.63) is 0 Å². The normalized spacial score (nSPS) is 23.6. The van der Waals surface area contributed by atoms with Gasteiger partial charge in [-0.2, -0.15) is 0 Å². The smallest absolute Gasteiger partial charge is 0.238 e. The number of carbonyl (C=O) groups is 1. The fourth-order valence-electron chi connectivity index (χ4n) is 2.03. The van der Waals surface area contributed by atoms with E-state index in [0.29, 0.717) is 19.4 Å². The van der Waals surface area contributed by atoms with Gasteiger partial charge in [-0.25, -0.2) is 8.42 Å². The van der Waals surface area contributed by atoms with Crippen LogP contribution in [-0.2, 0) is 14.6 Å². The Morgan fingerprint density at radius 1 is 1.39 bits per heavy atom. The summed E-state index contributed by atoms with van der Waals surface area (Å²) in [5.41, 5.74) is -0.0163. The molecular formula is C12H22BrNO3S. The number of hydrogen-bond donors (Lipinski definition) is 1. The molecule has 106 valence electrons. The van der Waals surface area contributed by atoms with Gasteiger partial charge in [-0.1, -0.05) is 36.2 Å². The van der Waals surface area contributed by atoms with E-state index in [2.05, 4.69) is 35.1 Å². The number of alkyl halides is 1. The van der Waals surface area contributed by atoms with Gasteiger partial charge in [0.2, 0.25) is 5.91 Å². The third kappa shape index (κ3) is 4.53. The molecular weight excluding hydrogens is 318 g/mol. The Kier molecular flexibility index (Phi) is 5.65. The maximum atomic E-state index is 12.0. The Morgan fingerprint density at radius 3 is 2.61 bits per heavy atom. The van der Waals surface area contributed by atoms with E-state index in [4.69, 9.17) is 0 Å². The first kappa shape index (κ1) is 16.0. The van der Waals surface area contributed by atoms with Crippen molar-refractivity contribution in [1.29, 1.82) is 0 Å². The molecule has 1 aliphatic rings. The van der Waals surface area contributed by atoms with E-state index in [1.54, 1.807) is 0 Å². The van der Waals surface area contributed by atoms with Crippen LogP contribution in [0.3, 0.4) is 0 Å². The molecule has 1 rings (SSSR count). The summed E-state index contributed by atoms with van der Waals surface area (Å²) in [5, 5.41) is 2.84. The minimum absolute atomic E-state index is 0.0163. The molecule has 1 saturated heterocycles. The summed E-state index contributed by atoms with van der Waals surface area (Å²) in [5.74, 6) is -0.173. The number of carbonyl (C=O) groups excluding carboxylic acids is 1. The van der Waals surface area contributed by atoms with E-state index in [1.165, 1.54) is 0 Å². The second-order valence-electron chi connectivity index (χ2n) is 5.67. The highest BCUT2D eigenvalue weighted by molar-refractivity contribution is 9.09. The molecule has 0 aromatic heterocycles. The lowest BCUT2D eigenvalue weighted by Crippen LogP contribution is -2.45. The number of hydrogen-bond acceptors (Lipinski definition) is 3. The van der Waals surface area contributed by atoms with Crippen molar-refractivity contribution in [1.82, 2.24) is 5.32 Å². The van der Waals surface area contributed by atoms with Crippen molar-refractivity contribution in [2.75, 3.05) is 17.6 Å². The number of nitrogens with one attached hydrogen (secondary N) is 1. The predicted molar refractivity (Wildman–Crippen MR) is 76.6 cm³/mol. The molecule has 1 N–H and O–H groups in total. The van der Waals surface area contributed by atoms with Gasteiger partial charge < -0.3 is 5.32 Å². The zero-order chi connectivity index (χ0) is 13.8. The zero-order valence-electron chi connectivity index (χ0n) is 11.0. The SMILES string of the molecule is CC(C)(CCBr)CNC(=O)C1CCCCS1(=O)=O. The van der Waals surface area contributed by atoms with Gasteiger partial charge in [0.15, 0.2) is 9.84 Å². The second-order valence-corrected chi connectivity index (χ2v) is 8.77. The molecule has 0 aromatic rings. The molecule has 0 bridgehead atoms. The van der Waals surface area contributed by atoms with E-state index in [0.717, 1.165) is 18.2 Å². The first-order valence-electron chi connectivity index (χ1n) is 6.34. The molecule has 0 saturated carbocycles. The highest BCUT2D eigenvalue weighted by Gasteiger charge is 2.35. The molecule has 1 aliphatic heterocycles. The van der Waals surface area contributed by atoms with E-state index in [1.807, 2.05) is 0 Å². The quantitative estimate of drug-likeness (QED) is 0.778. The molecule has 1 heterocycles. The maximum Gasteiger partial charge on any atom is 0.238 e. The number of amides is 1. The second kappa shape index (κ2) is 6.37. The van der Waals surface area contributed by atoms with Crippen molar-refractivity contribution in [2.45, 2.75) is 44.8 Å². The van der Waals surface area contributed by atoms with Crippen LogP contribution in [0.5, 0.6) is 0 Å². The first-order valence-corrected chi connectivity index (χ1v) is 9.17. The average molecular weight is 340 g/mol. The number of halogens is 1. The van der Waals surface area contributed by atoms with Crippen LogP contribution in [0.25, 0.3) is 0 Å². The Labute approximate surface area is 118 Å². The summed E-state index contributed by atoms with van der Waals surface area (Å²) in [6.07, 6.45) is 2.90. The Bertz CT molecular complexity index is 392.